The highest BCUT2D eigenvalue weighted by atomic mass is 16.5. The topological polar surface area (TPSA) is 72.2 Å². The van der Waals surface area contributed by atoms with Gasteiger partial charge in [0.05, 0.1) is 12.6 Å². The van der Waals surface area contributed by atoms with Crippen LogP contribution in [0, 0.1) is 0 Å². The average molecular weight is 276 g/mol. The van der Waals surface area contributed by atoms with E-state index >= 15 is 0 Å². The van der Waals surface area contributed by atoms with E-state index in [1.807, 2.05) is 32.2 Å². The lowest BCUT2D eigenvalue weighted by Crippen LogP contribution is -2.12. The van der Waals surface area contributed by atoms with Crippen molar-refractivity contribution >= 4 is 11.7 Å². The summed E-state index contributed by atoms with van der Waals surface area (Å²) in [5.41, 5.74) is 2.10. The lowest BCUT2D eigenvalue weighted by Gasteiger charge is -2.08. The molecule has 0 saturated heterocycles. The van der Waals surface area contributed by atoms with Crippen molar-refractivity contribution in [1.82, 2.24) is 15.5 Å². The van der Waals surface area contributed by atoms with Crippen LogP contribution < -0.4 is 10.6 Å². The van der Waals surface area contributed by atoms with E-state index in [0.717, 1.165) is 17.7 Å². The Hall–Kier alpha value is -1.92. The molecule has 1 heterocycles. The Balaban J connectivity index is 2.11. The Morgan fingerprint density at radius 1 is 1.30 bits per heavy atom. The minimum Gasteiger partial charge on any atom is -0.406 e. The molecule has 2 aromatic rings. The summed E-state index contributed by atoms with van der Waals surface area (Å²) in [5, 5.41) is 14.2. The number of hydrogen-bond acceptors (Lipinski definition) is 6. The Bertz CT molecular complexity index is 541. The molecule has 0 fully saturated rings. The molecule has 0 radical (unpaired) electrons. The van der Waals surface area contributed by atoms with E-state index in [1.165, 1.54) is 0 Å². The SMILES string of the molecule is CNC(C)c1nnc(Nc2ccccc2CCOC)o1. The van der Waals surface area contributed by atoms with Crippen LogP contribution in [0.5, 0.6) is 0 Å². The minimum atomic E-state index is 0.0294. The Labute approximate surface area is 118 Å². The van der Waals surface area contributed by atoms with Crippen LogP contribution in [0.1, 0.15) is 24.4 Å². The highest BCUT2D eigenvalue weighted by Crippen LogP contribution is 2.21. The van der Waals surface area contributed by atoms with Gasteiger partial charge in [-0.2, -0.15) is 0 Å². The number of aromatic nitrogens is 2. The smallest absolute Gasteiger partial charge is 0.320 e. The van der Waals surface area contributed by atoms with Gasteiger partial charge in [-0.1, -0.05) is 23.3 Å². The molecule has 0 aliphatic carbocycles. The molecule has 2 rings (SSSR count). The predicted molar refractivity (Wildman–Crippen MR) is 77.1 cm³/mol. The van der Waals surface area contributed by atoms with Gasteiger partial charge in [-0.3, -0.25) is 0 Å². The van der Waals surface area contributed by atoms with Crippen LogP contribution in [-0.2, 0) is 11.2 Å². The van der Waals surface area contributed by atoms with Gasteiger partial charge in [-0.15, -0.1) is 5.10 Å². The lowest BCUT2D eigenvalue weighted by atomic mass is 10.1. The summed E-state index contributed by atoms with van der Waals surface area (Å²) in [6, 6.07) is 8.42. The standard InChI is InChI=1S/C14H20N4O2/c1-10(15-2)13-17-18-14(20-13)16-12-7-5-4-6-11(12)8-9-19-3/h4-7,10,15H,8-9H2,1-3H3,(H,16,18). The van der Waals surface area contributed by atoms with Crippen LogP contribution in [0.15, 0.2) is 28.7 Å². The fourth-order valence-corrected chi connectivity index (χ4v) is 1.77. The van der Waals surface area contributed by atoms with Crippen LogP contribution >= 0.6 is 0 Å². The van der Waals surface area contributed by atoms with Gasteiger partial charge < -0.3 is 19.8 Å². The van der Waals surface area contributed by atoms with Crippen LogP contribution in [0.3, 0.4) is 0 Å². The first-order chi connectivity index (χ1) is 9.74. The molecule has 0 bridgehead atoms. The zero-order valence-electron chi connectivity index (χ0n) is 12.0. The van der Waals surface area contributed by atoms with E-state index in [0.29, 0.717) is 18.5 Å². The zero-order valence-corrected chi connectivity index (χ0v) is 12.0. The molecule has 0 aliphatic rings. The number of hydrogen-bond donors (Lipinski definition) is 2. The van der Waals surface area contributed by atoms with Crippen LogP contribution in [0.25, 0.3) is 0 Å². The third-order valence-electron chi connectivity index (χ3n) is 3.08. The molecule has 20 heavy (non-hydrogen) atoms. The summed E-state index contributed by atoms with van der Waals surface area (Å²) in [5.74, 6) is 0.560. The molecular weight excluding hydrogens is 256 g/mol. The van der Waals surface area contributed by atoms with Crippen LogP contribution in [0.2, 0.25) is 0 Å². The maximum Gasteiger partial charge on any atom is 0.320 e. The van der Waals surface area contributed by atoms with Crippen LogP contribution in [-0.4, -0.2) is 31.0 Å². The molecule has 2 N–H and O–H groups in total. The Morgan fingerprint density at radius 3 is 2.85 bits per heavy atom. The summed E-state index contributed by atoms with van der Waals surface area (Å²) in [6.45, 7) is 2.63. The predicted octanol–water partition coefficient (Wildman–Crippen LogP) is 2.28. The number of nitrogens with zero attached hydrogens (tertiary/aromatic N) is 2. The molecule has 0 spiro atoms. The van der Waals surface area contributed by atoms with Crippen molar-refractivity contribution in [2.45, 2.75) is 19.4 Å². The molecule has 108 valence electrons. The second-order valence-electron chi connectivity index (χ2n) is 4.48. The number of para-hydroxylation sites is 1. The van der Waals surface area contributed by atoms with Crippen molar-refractivity contribution in [1.29, 1.82) is 0 Å². The molecule has 0 aliphatic heterocycles. The monoisotopic (exact) mass is 276 g/mol. The number of ether oxygens (including phenoxy) is 1. The number of benzene rings is 1. The van der Waals surface area contributed by atoms with Crippen molar-refractivity contribution < 1.29 is 9.15 Å². The molecule has 1 aromatic carbocycles. The quantitative estimate of drug-likeness (QED) is 0.808. The highest BCUT2D eigenvalue weighted by molar-refractivity contribution is 5.57. The first-order valence-corrected chi connectivity index (χ1v) is 6.59. The molecule has 1 unspecified atom stereocenters. The zero-order chi connectivity index (χ0) is 14.4. The molecule has 6 nitrogen and oxygen atoms in total. The maximum atomic E-state index is 5.57. The van der Waals surface area contributed by atoms with Crippen molar-refractivity contribution in [3.8, 4) is 0 Å². The summed E-state index contributed by atoms with van der Waals surface area (Å²) in [7, 11) is 3.54. The largest absolute Gasteiger partial charge is 0.406 e. The van der Waals surface area contributed by atoms with Gasteiger partial charge in [0, 0.05) is 12.8 Å². The van der Waals surface area contributed by atoms with Gasteiger partial charge in [-0.25, -0.2) is 0 Å². The van der Waals surface area contributed by atoms with Crippen molar-refractivity contribution in [2.75, 3.05) is 26.1 Å². The second kappa shape index (κ2) is 7.02. The first kappa shape index (κ1) is 14.5. The van der Waals surface area contributed by atoms with E-state index in [9.17, 15) is 0 Å². The number of rotatable bonds is 7. The van der Waals surface area contributed by atoms with Gasteiger partial charge in [0.15, 0.2) is 0 Å². The van der Waals surface area contributed by atoms with E-state index in [1.54, 1.807) is 7.11 Å². The summed E-state index contributed by atoms with van der Waals surface area (Å²) >= 11 is 0. The molecule has 0 amide bonds. The molecule has 1 aromatic heterocycles. The van der Waals surface area contributed by atoms with Gasteiger partial charge in [0.2, 0.25) is 5.89 Å². The van der Waals surface area contributed by atoms with Crippen molar-refractivity contribution in [3.05, 3.63) is 35.7 Å². The second-order valence-corrected chi connectivity index (χ2v) is 4.48. The van der Waals surface area contributed by atoms with Gasteiger partial charge in [0.1, 0.15) is 0 Å². The first-order valence-electron chi connectivity index (χ1n) is 6.59. The van der Waals surface area contributed by atoms with E-state index in [4.69, 9.17) is 9.15 Å². The summed E-state index contributed by atoms with van der Waals surface area (Å²) in [6.07, 6.45) is 0.827. The summed E-state index contributed by atoms with van der Waals surface area (Å²) in [4.78, 5) is 0. The van der Waals surface area contributed by atoms with Crippen molar-refractivity contribution in [2.24, 2.45) is 0 Å². The van der Waals surface area contributed by atoms with Crippen molar-refractivity contribution in [3.63, 3.8) is 0 Å². The molecular formula is C14H20N4O2. The average Bonchev–Trinajstić information content (AvgIpc) is 2.94. The van der Waals surface area contributed by atoms with E-state index < -0.39 is 0 Å². The van der Waals surface area contributed by atoms with E-state index in [2.05, 4.69) is 26.9 Å². The third kappa shape index (κ3) is 3.55. The molecule has 1 atom stereocenters. The molecule has 0 saturated carbocycles. The number of methoxy groups -OCH3 is 1. The number of nitrogens with one attached hydrogen (secondary N) is 2. The molecule has 6 heteroatoms. The van der Waals surface area contributed by atoms with E-state index in [-0.39, 0.29) is 6.04 Å². The fourth-order valence-electron chi connectivity index (χ4n) is 1.77. The number of anilines is 2. The van der Waals surface area contributed by atoms with Gasteiger partial charge >= 0.3 is 6.01 Å². The van der Waals surface area contributed by atoms with Gasteiger partial charge in [-0.05, 0) is 32.0 Å². The normalized spacial score (nSPS) is 12.3. The fraction of sp³-hybridized carbons (Fsp3) is 0.429. The van der Waals surface area contributed by atoms with Gasteiger partial charge in [0.25, 0.3) is 0 Å². The minimum absolute atomic E-state index is 0.0294. The summed E-state index contributed by atoms with van der Waals surface area (Å²) < 4.78 is 10.7. The third-order valence-corrected chi connectivity index (χ3v) is 3.08. The lowest BCUT2D eigenvalue weighted by molar-refractivity contribution is 0.202. The Morgan fingerprint density at radius 2 is 2.10 bits per heavy atom. The maximum absolute atomic E-state index is 5.57. The highest BCUT2D eigenvalue weighted by Gasteiger charge is 2.12. The van der Waals surface area contributed by atoms with Crippen LogP contribution in [0.4, 0.5) is 11.7 Å². The Kier molecular flexibility index (Phi) is 5.09.